The summed E-state index contributed by atoms with van der Waals surface area (Å²) in [7, 11) is 0. The summed E-state index contributed by atoms with van der Waals surface area (Å²) in [4.78, 5) is 28.8. The molecule has 0 radical (unpaired) electrons. The first-order valence-electron chi connectivity index (χ1n) is 6.75. The highest BCUT2D eigenvalue weighted by Gasteiger charge is 2.31. The molecule has 21 heavy (non-hydrogen) atoms. The van der Waals surface area contributed by atoms with E-state index in [4.69, 9.17) is 5.11 Å². The topological polar surface area (TPSA) is 75.4 Å². The number of benzene rings is 1. The number of aromatic nitrogens is 2. The highest BCUT2D eigenvalue weighted by Crippen LogP contribution is 2.19. The Morgan fingerprint density at radius 1 is 1.24 bits per heavy atom. The van der Waals surface area contributed by atoms with Gasteiger partial charge in [-0.1, -0.05) is 0 Å². The van der Waals surface area contributed by atoms with Crippen molar-refractivity contribution >= 4 is 11.9 Å². The van der Waals surface area contributed by atoms with Crippen molar-refractivity contribution in [2.75, 3.05) is 13.1 Å². The maximum Gasteiger partial charge on any atom is 0.308 e. The molecule has 1 aliphatic heterocycles. The summed E-state index contributed by atoms with van der Waals surface area (Å²) in [5.41, 5.74) is 1.50. The van der Waals surface area contributed by atoms with E-state index in [0.717, 1.165) is 5.69 Å². The smallest absolute Gasteiger partial charge is 0.308 e. The first kappa shape index (κ1) is 13.4. The van der Waals surface area contributed by atoms with Gasteiger partial charge in [0.2, 0.25) is 0 Å². The fourth-order valence-electron chi connectivity index (χ4n) is 2.52. The molecular weight excluding hydrogens is 270 g/mol. The molecule has 0 bridgehead atoms. The number of carbonyl (C=O) groups is 2. The van der Waals surface area contributed by atoms with Crippen LogP contribution in [0.2, 0.25) is 0 Å². The Balaban J connectivity index is 1.72. The van der Waals surface area contributed by atoms with Crippen molar-refractivity contribution in [1.29, 1.82) is 0 Å². The molecule has 3 rings (SSSR count). The lowest BCUT2D eigenvalue weighted by atomic mass is 10.1. The predicted molar refractivity (Wildman–Crippen MR) is 75.2 cm³/mol. The molecule has 1 N–H and O–H groups in total. The van der Waals surface area contributed by atoms with Gasteiger partial charge in [0.15, 0.2) is 0 Å². The summed E-state index contributed by atoms with van der Waals surface area (Å²) in [6.45, 7) is 0.788. The van der Waals surface area contributed by atoms with Crippen LogP contribution in [0.1, 0.15) is 16.8 Å². The third-order valence-electron chi connectivity index (χ3n) is 3.74. The molecule has 1 aliphatic rings. The van der Waals surface area contributed by atoms with Gasteiger partial charge in [-0.05, 0) is 30.7 Å². The first-order chi connectivity index (χ1) is 10.1. The average Bonchev–Trinajstić information content (AvgIpc) is 3.18. The minimum atomic E-state index is -0.833. The highest BCUT2D eigenvalue weighted by molar-refractivity contribution is 5.95. The molecule has 1 fully saturated rings. The molecule has 108 valence electrons. The lowest BCUT2D eigenvalue weighted by Gasteiger charge is -2.16. The minimum Gasteiger partial charge on any atom is -0.481 e. The Morgan fingerprint density at radius 2 is 2.00 bits per heavy atom. The van der Waals surface area contributed by atoms with Crippen molar-refractivity contribution in [2.45, 2.75) is 6.42 Å². The molecule has 6 nitrogen and oxygen atoms in total. The SMILES string of the molecule is O=C(O)C1CCN(C(=O)c2ccc(-n3ccnc3)cc2)C1. The van der Waals surface area contributed by atoms with Crippen LogP contribution in [-0.2, 0) is 4.79 Å². The van der Waals surface area contributed by atoms with Gasteiger partial charge in [-0.3, -0.25) is 9.59 Å². The van der Waals surface area contributed by atoms with Gasteiger partial charge >= 0.3 is 5.97 Å². The first-order valence-corrected chi connectivity index (χ1v) is 6.75. The number of carbonyl (C=O) groups excluding carboxylic acids is 1. The third-order valence-corrected chi connectivity index (χ3v) is 3.74. The van der Waals surface area contributed by atoms with E-state index in [-0.39, 0.29) is 12.5 Å². The summed E-state index contributed by atoms with van der Waals surface area (Å²) < 4.78 is 1.85. The second-order valence-electron chi connectivity index (χ2n) is 5.09. The Labute approximate surface area is 121 Å². The van der Waals surface area contributed by atoms with E-state index in [9.17, 15) is 9.59 Å². The van der Waals surface area contributed by atoms with Gasteiger partial charge in [0.25, 0.3) is 5.91 Å². The summed E-state index contributed by atoms with van der Waals surface area (Å²) in [6.07, 6.45) is 5.73. The van der Waals surface area contributed by atoms with Crippen molar-refractivity contribution in [3.63, 3.8) is 0 Å². The lowest BCUT2D eigenvalue weighted by Crippen LogP contribution is -2.29. The Bertz CT molecular complexity index is 649. The number of imidazole rings is 1. The Morgan fingerprint density at radius 3 is 2.57 bits per heavy atom. The largest absolute Gasteiger partial charge is 0.481 e. The molecule has 2 heterocycles. The zero-order valence-corrected chi connectivity index (χ0v) is 11.3. The molecule has 1 aromatic carbocycles. The molecule has 1 saturated heterocycles. The highest BCUT2D eigenvalue weighted by atomic mass is 16.4. The van der Waals surface area contributed by atoms with Crippen LogP contribution in [-0.4, -0.2) is 44.5 Å². The fourth-order valence-corrected chi connectivity index (χ4v) is 2.52. The average molecular weight is 285 g/mol. The van der Waals surface area contributed by atoms with Crippen molar-refractivity contribution in [1.82, 2.24) is 14.5 Å². The van der Waals surface area contributed by atoms with Gasteiger partial charge in [-0.25, -0.2) is 4.98 Å². The number of amides is 1. The summed E-state index contributed by atoms with van der Waals surface area (Å²) in [5, 5.41) is 8.98. The minimum absolute atomic E-state index is 0.115. The maximum absolute atomic E-state index is 12.3. The molecule has 0 spiro atoms. The van der Waals surface area contributed by atoms with Gasteiger partial charge in [0.05, 0.1) is 12.2 Å². The van der Waals surface area contributed by atoms with Gasteiger partial charge in [-0.15, -0.1) is 0 Å². The summed E-state index contributed by atoms with van der Waals surface area (Å²) in [6, 6.07) is 7.21. The number of rotatable bonds is 3. The van der Waals surface area contributed by atoms with E-state index in [1.165, 1.54) is 0 Å². The maximum atomic E-state index is 12.3. The van der Waals surface area contributed by atoms with Gasteiger partial charge < -0.3 is 14.6 Å². The number of nitrogens with zero attached hydrogens (tertiary/aromatic N) is 3. The number of carboxylic acids is 1. The standard InChI is InChI=1S/C15H15N3O3/c19-14(17-7-5-12(9-17)15(20)21)11-1-3-13(4-2-11)18-8-6-16-10-18/h1-4,6,8,10,12H,5,7,9H2,(H,20,21). The van der Waals surface area contributed by atoms with Crippen LogP contribution in [0.25, 0.3) is 5.69 Å². The summed E-state index contributed by atoms with van der Waals surface area (Å²) in [5.74, 6) is -1.39. The molecule has 1 unspecified atom stereocenters. The molecule has 1 aromatic heterocycles. The lowest BCUT2D eigenvalue weighted by molar-refractivity contribution is -0.141. The second kappa shape index (κ2) is 5.40. The quantitative estimate of drug-likeness (QED) is 0.925. The van der Waals surface area contributed by atoms with E-state index in [0.29, 0.717) is 18.5 Å². The van der Waals surface area contributed by atoms with Gasteiger partial charge in [0, 0.05) is 36.7 Å². The predicted octanol–water partition coefficient (Wildman–Crippen LogP) is 1.42. The number of likely N-dealkylation sites (tertiary alicyclic amines) is 1. The van der Waals surface area contributed by atoms with Crippen molar-refractivity contribution in [3.05, 3.63) is 48.5 Å². The van der Waals surface area contributed by atoms with Crippen LogP contribution in [0.3, 0.4) is 0 Å². The zero-order valence-electron chi connectivity index (χ0n) is 11.3. The van der Waals surface area contributed by atoms with Crippen molar-refractivity contribution < 1.29 is 14.7 Å². The number of aliphatic carboxylic acids is 1. The third kappa shape index (κ3) is 2.65. The molecule has 1 atom stereocenters. The zero-order chi connectivity index (χ0) is 14.8. The van der Waals surface area contributed by atoms with Crippen molar-refractivity contribution in [3.8, 4) is 5.69 Å². The molecule has 6 heteroatoms. The van der Waals surface area contributed by atoms with E-state index in [2.05, 4.69) is 4.98 Å². The summed E-state index contributed by atoms with van der Waals surface area (Å²) >= 11 is 0. The molecule has 1 amide bonds. The van der Waals surface area contributed by atoms with E-state index in [1.807, 2.05) is 22.9 Å². The Hall–Kier alpha value is -2.63. The van der Waals surface area contributed by atoms with Crippen LogP contribution in [0.15, 0.2) is 43.0 Å². The number of hydrogen-bond acceptors (Lipinski definition) is 3. The van der Waals surface area contributed by atoms with Crippen molar-refractivity contribution in [2.24, 2.45) is 5.92 Å². The Kier molecular flexibility index (Phi) is 3.43. The monoisotopic (exact) mass is 285 g/mol. The van der Waals surface area contributed by atoms with E-state index >= 15 is 0 Å². The molecule has 0 saturated carbocycles. The van der Waals surface area contributed by atoms with Gasteiger partial charge in [-0.2, -0.15) is 0 Å². The molecule has 2 aromatic rings. The van der Waals surface area contributed by atoms with E-state index in [1.54, 1.807) is 29.6 Å². The van der Waals surface area contributed by atoms with Crippen LogP contribution in [0.4, 0.5) is 0 Å². The van der Waals surface area contributed by atoms with Gasteiger partial charge in [0.1, 0.15) is 0 Å². The number of hydrogen-bond donors (Lipinski definition) is 1. The molecular formula is C15H15N3O3. The normalized spacial score (nSPS) is 17.9. The van der Waals surface area contributed by atoms with Crippen LogP contribution in [0.5, 0.6) is 0 Å². The van der Waals surface area contributed by atoms with Crippen LogP contribution in [0, 0.1) is 5.92 Å². The number of carboxylic acid groups (broad SMARTS) is 1. The van der Waals surface area contributed by atoms with Crippen LogP contribution >= 0.6 is 0 Å². The van der Waals surface area contributed by atoms with E-state index < -0.39 is 11.9 Å². The molecule has 0 aliphatic carbocycles. The fraction of sp³-hybridized carbons (Fsp3) is 0.267. The second-order valence-corrected chi connectivity index (χ2v) is 5.09. The van der Waals surface area contributed by atoms with Crippen LogP contribution < -0.4 is 0 Å².